The third-order valence-corrected chi connectivity index (χ3v) is 1.36. The second kappa shape index (κ2) is 2.80. The number of carbonyl (C=O) groups is 1. The van der Waals surface area contributed by atoms with E-state index in [4.69, 9.17) is 0 Å². The number of alkyl carbamates (subject to hydrolysis) is 1. The topological polar surface area (TPSA) is 38.3 Å². The van der Waals surface area contributed by atoms with E-state index in [1.165, 1.54) is 0 Å². The van der Waals surface area contributed by atoms with Crippen LogP contribution in [0.1, 0.15) is 0 Å². The minimum atomic E-state index is -4.95. The van der Waals surface area contributed by atoms with Crippen LogP contribution in [0.15, 0.2) is 0 Å². The van der Waals surface area contributed by atoms with Crippen LogP contribution in [0.25, 0.3) is 0 Å². The van der Waals surface area contributed by atoms with Crippen molar-refractivity contribution >= 4 is 6.09 Å². The van der Waals surface area contributed by atoms with Crippen molar-refractivity contribution in [2.24, 2.45) is 0 Å². The molecule has 0 spiro atoms. The molecule has 7 heteroatoms. The van der Waals surface area contributed by atoms with Gasteiger partial charge in [0.1, 0.15) is 12.6 Å². The molecule has 1 amide bonds. The van der Waals surface area contributed by atoms with E-state index in [2.05, 4.69) is 4.74 Å². The Morgan fingerprint density at radius 3 is 2.50 bits per heavy atom. The molecule has 0 aromatic rings. The van der Waals surface area contributed by atoms with Crippen molar-refractivity contribution in [2.75, 3.05) is 6.61 Å². The van der Waals surface area contributed by atoms with Gasteiger partial charge in [-0.3, -0.25) is 0 Å². The minimum absolute atomic E-state index is 0.584. The highest BCUT2D eigenvalue weighted by Gasteiger charge is 2.48. The van der Waals surface area contributed by atoms with Crippen molar-refractivity contribution < 1.29 is 27.1 Å². The molecular formula is C5H5F4NO2. The summed E-state index contributed by atoms with van der Waals surface area (Å²) in [4.78, 5) is 10.2. The monoisotopic (exact) mass is 187 g/mol. The van der Waals surface area contributed by atoms with E-state index in [0.29, 0.717) is 0 Å². The first-order chi connectivity index (χ1) is 5.41. The molecule has 0 aromatic heterocycles. The number of alkyl halides is 4. The molecule has 0 saturated carbocycles. The van der Waals surface area contributed by atoms with Crippen LogP contribution < -0.4 is 5.32 Å². The molecule has 2 atom stereocenters. The Hall–Kier alpha value is -1.01. The van der Waals surface area contributed by atoms with Gasteiger partial charge in [-0.2, -0.15) is 13.2 Å². The van der Waals surface area contributed by atoms with Crippen LogP contribution in [-0.2, 0) is 4.74 Å². The number of cyclic esters (lactones) is 1. The van der Waals surface area contributed by atoms with Crippen molar-refractivity contribution in [3.05, 3.63) is 0 Å². The van der Waals surface area contributed by atoms with E-state index in [0.717, 1.165) is 0 Å². The van der Waals surface area contributed by atoms with Gasteiger partial charge in [-0.15, -0.1) is 0 Å². The third-order valence-electron chi connectivity index (χ3n) is 1.36. The van der Waals surface area contributed by atoms with Gasteiger partial charge in [-0.1, -0.05) is 0 Å². The number of hydrogen-bond donors (Lipinski definition) is 1. The SMILES string of the molecule is O=C1NC(C(F)C(F)(F)F)CO1. The van der Waals surface area contributed by atoms with Crippen molar-refractivity contribution in [2.45, 2.75) is 18.4 Å². The summed E-state index contributed by atoms with van der Waals surface area (Å²) >= 11 is 0. The number of amides is 1. The van der Waals surface area contributed by atoms with Gasteiger partial charge in [0.05, 0.1) is 0 Å². The summed E-state index contributed by atoms with van der Waals surface area (Å²) in [5.74, 6) is 0. The van der Waals surface area contributed by atoms with Crippen molar-refractivity contribution in [3.63, 3.8) is 0 Å². The normalized spacial score (nSPS) is 26.3. The zero-order chi connectivity index (χ0) is 9.35. The van der Waals surface area contributed by atoms with E-state index < -0.39 is 31.1 Å². The average Bonchev–Trinajstić information content (AvgIpc) is 2.32. The fourth-order valence-corrected chi connectivity index (χ4v) is 0.786. The first-order valence-electron chi connectivity index (χ1n) is 3.05. The molecule has 2 unspecified atom stereocenters. The van der Waals surface area contributed by atoms with E-state index >= 15 is 0 Å². The number of halogens is 4. The fourth-order valence-electron chi connectivity index (χ4n) is 0.786. The minimum Gasteiger partial charge on any atom is -0.447 e. The molecule has 1 N–H and O–H groups in total. The Morgan fingerprint density at radius 1 is 1.58 bits per heavy atom. The van der Waals surface area contributed by atoms with Crippen LogP contribution in [0.5, 0.6) is 0 Å². The number of carbonyl (C=O) groups excluding carboxylic acids is 1. The Kier molecular flexibility index (Phi) is 2.12. The van der Waals surface area contributed by atoms with Gasteiger partial charge in [0, 0.05) is 0 Å². The van der Waals surface area contributed by atoms with Gasteiger partial charge in [0.2, 0.25) is 6.17 Å². The van der Waals surface area contributed by atoms with Crippen LogP contribution in [-0.4, -0.2) is 31.1 Å². The first kappa shape index (κ1) is 9.08. The highest BCUT2D eigenvalue weighted by Crippen LogP contribution is 2.26. The van der Waals surface area contributed by atoms with E-state index in [1.54, 1.807) is 5.32 Å². The predicted molar refractivity (Wildman–Crippen MR) is 29.2 cm³/mol. The molecular weight excluding hydrogens is 182 g/mol. The van der Waals surface area contributed by atoms with E-state index in [1.807, 2.05) is 0 Å². The lowest BCUT2D eigenvalue weighted by Gasteiger charge is -2.15. The van der Waals surface area contributed by atoms with Gasteiger partial charge in [-0.25, -0.2) is 9.18 Å². The molecule has 1 saturated heterocycles. The molecule has 70 valence electrons. The van der Waals surface area contributed by atoms with Gasteiger partial charge in [-0.05, 0) is 0 Å². The van der Waals surface area contributed by atoms with E-state index in [9.17, 15) is 22.4 Å². The van der Waals surface area contributed by atoms with E-state index in [-0.39, 0.29) is 0 Å². The summed E-state index contributed by atoms with van der Waals surface area (Å²) < 4.78 is 51.4. The zero-order valence-corrected chi connectivity index (χ0v) is 5.69. The highest BCUT2D eigenvalue weighted by atomic mass is 19.4. The number of rotatable bonds is 1. The molecule has 1 aliphatic rings. The maximum Gasteiger partial charge on any atom is 0.421 e. The van der Waals surface area contributed by atoms with Crippen LogP contribution in [0, 0.1) is 0 Å². The van der Waals surface area contributed by atoms with Gasteiger partial charge >= 0.3 is 12.3 Å². The largest absolute Gasteiger partial charge is 0.447 e. The lowest BCUT2D eigenvalue weighted by molar-refractivity contribution is -0.187. The molecule has 1 rings (SSSR count). The zero-order valence-electron chi connectivity index (χ0n) is 5.69. The second-order valence-corrected chi connectivity index (χ2v) is 2.29. The molecule has 1 aliphatic heterocycles. The summed E-state index contributed by atoms with van der Waals surface area (Å²) in [6.45, 7) is -0.584. The van der Waals surface area contributed by atoms with Gasteiger partial charge in [0.15, 0.2) is 0 Å². The number of nitrogens with one attached hydrogen (secondary N) is 1. The number of hydrogen-bond acceptors (Lipinski definition) is 2. The summed E-state index contributed by atoms with van der Waals surface area (Å²) in [5.41, 5.74) is 0. The maximum absolute atomic E-state index is 12.4. The molecule has 0 radical (unpaired) electrons. The van der Waals surface area contributed by atoms with Crippen LogP contribution >= 0.6 is 0 Å². The molecule has 3 nitrogen and oxygen atoms in total. The van der Waals surface area contributed by atoms with Crippen LogP contribution in [0.2, 0.25) is 0 Å². The lowest BCUT2D eigenvalue weighted by atomic mass is 10.2. The summed E-state index contributed by atoms with van der Waals surface area (Å²) in [6.07, 6.45) is -9.04. The quantitative estimate of drug-likeness (QED) is 0.621. The third kappa shape index (κ3) is 1.77. The Balaban J connectivity index is 2.54. The van der Waals surface area contributed by atoms with Crippen molar-refractivity contribution in [3.8, 4) is 0 Å². The molecule has 12 heavy (non-hydrogen) atoms. The fraction of sp³-hybridized carbons (Fsp3) is 0.800. The molecule has 0 aromatic carbocycles. The lowest BCUT2D eigenvalue weighted by Crippen LogP contribution is -2.44. The van der Waals surface area contributed by atoms with Crippen LogP contribution in [0.3, 0.4) is 0 Å². The van der Waals surface area contributed by atoms with Crippen molar-refractivity contribution in [1.82, 2.24) is 5.32 Å². The summed E-state index contributed by atoms with van der Waals surface area (Å²) in [7, 11) is 0. The average molecular weight is 187 g/mol. The summed E-state index contributed by atoms with van der Waals surface area (Å²) in [6, 6.07) is -1.61. The maximum atomic E-state index is 12.4. The molecule has 0 bridgehead atoms. The van der Waals surface area contributed by atoms with Gasteiger partial charge in [0.25, 0.3) is 0 Å². The first-order valence-corrected chi connectivity index (χ1v) is 3.05. The molecule has 1 fully saturated rings. The standard InChI is InChI=1S/C5H5F4NO2/c6-3(5(7,8)9)2-1-12-4(11)10-2/h2-3H,1H2,(H,10,11). The summed E-state index contributed by atoms with van der Waals surface area (Å²) in [5, 5.41) is 1.70. The molecule has 0 aliphatic carbocycles. The molecule has 1 heterocycles. The smallest absolute Gasteiger partial charge is 0.421 e. The second-order valence-electron chi connectivity index (χ2n) is 2.29. The van der Waals surface area contributed by atoms with Crippen LogP contribution in [0.4, 0.5) is 22.4 Å². The predicted octanol–water partition coefficient (Wildman–Crippen LogP) is 0.995. The Morgan fingerprint density at radius 2 is 2.17 bits per heavy atom. The highest BCUT2D eigenvalue weighted by molar-refractivity contribution is 5.69. The van der Waals surface area contributed by atoms with Gasteiger partial charge < -0.3 is 10.1 Å². The Bertz CT molecular complexity index is 192. The Labute approximate surface area is 64.7 Å². The van der Waals surface area contributed by atoms with Crippen molar-refractivity contribution in [1.29, 1.82) is 0 Å². The number of ether oxygens (including phenoxy) is 1.